The predicted octanol–water partition coefficient (Wildman–Crippen LogP) is 3.96. The quantitative estimate of drug-likeness (QED) is 0.835. The first-order valence-corrected chi connectivity index (χ1v) is 10.8. The van der Waals surface area contributed by atoms with Crippen molar-refractivity contribution >= 4 is 15.7 Å². The van der Waals surface area contributed by atoms with Crippen LogP contribution in [0.1, 0.15) is 38.3 Å². The van der Waals surface area contributed by atoms with Gasteiger partial charge in [-0.05, 0) is 55.0 Å². The molecule has 2 aromatic rings. The molecule has 140 valence electrons. The molecule has 1 aliphatic rings. The number of fused-ring (bicyclic) bond motifs is 1. The van der Waals surface area contributed by atoms with Crippen molar-refractivity contribution in [2.24, 2.45) is 5.92 Å². The van der Waals surface area contributed by atoms with Gasteiger partial charge in [0.05, 0.1) is 4.90 Å². The highest BCUT2D eigenvalue weighted by molar-refractivity contribution is 7.89. The van der Waals surface area contributed by atoms with Crippen molar-refractivity contribution in [2.75, 3.05) is 11.4 Å². The van der Waals surface area contributed by atoms with Crippen molar-refractivity contribution < 1.29 is 8.42 Å². The molecular weight excluding hydrogens is 344 g/mol. The Hall–Kier alpha value is -1.85. The fourth-order valence-corrected chi connectivity index (χ4v) is 4.61. The summed E-state index contributed by atoms with van der Waals surface area (Å²) in [6.45, 7) is 7.74. The summed E-state index contributed by atoms with van der Waals surface area (Å²) >= 11 is 0. The molecule has 0 aromatic heterocycles. The molecule has 0 radical (unpaired) electrons. The van der Waals surface area contributed by atoms with Crippen molar-refractivity contribution in [3.63, 3.8) is 0 Å². The first kappa shape index (κ1) is 18.9. The van der Waals surface area contributed by atoms with Crippen molar-refractivity contribution in [3.8, 4) is 0 Å². The van der Waals surface area contributed by atoms with Gasteiger partial charge in [0.1, 0.15) is 0 Å². The van der Waals surface area contributed by atoms with E-state index in [4.69, 9.17) is 0 Å². The fraction of sp³-hybridized carbons (Fsp3) is 0.429. The third-order valence-electron chi connectivity index (χ3n) is 5.15. The second-order valence-electron chi connectivity index (χ2n) is 7.45. The Morgan fingerprint density at radius 2 is 1.73 bits per heavy atom. The van der Waals surface area contributed by atoms with Crippen LogP contribution >= 0.6 is 0 Å². The summed E-state index contributed by atoms with van der Waals surface area (Å²) in [7, 11) is -3.47. The van der Waals surface area contributed by atoms with Gasteiger partial charge in [0.25, 0.3) is 0 Å². The number of hydrogen-bond acceptors (Lipinski definition) is 3. The van der Waals surface area contributed by atoms with E-state index in [-0.39, 0.29) is 12.0 Å². The van der Waals surface area contributed by atoms with Crippen LogP contribution in [0.15, 0.2) is 53.4 Å². The third kappa shape index (κ3) is 4.27. The standard InChI is InChI=1S/C21H28N2O2S/c1-16(2)17(3)22-26(24,25)20-12-10-18(11-13-20)15-23-14-6-8-19-7-4-5-9-21(19)23/h4-5,7,9-13,16-17,22H,6,8,14-15H2,1-3H3. The summed E-state index contributed by atoms with van der Waals surface area (Å²) < 4.78 is 27.7. The maximum absolute atomic E-state index is 12.5. The lowest BCUT2D eigenvalue weighted by Crippen LogP contribution is -2.36. The van der Waals surface area contributed by atoms with E-state index in [1.807, 2.05) is 32.9 Å². The van der Waals surface area contributed by atoms with Crippen LogP contribution in [-0.4, -0.2) is 21.0 Å². The van der Waals surface area contributed by atoms with Gasteiger partial charge >= 0.3 is 0 Å². The van der Waals surface area contributed by atoms with Crippen LogP contribution < -0.4 is 9.62 Å². The lowest BCUT2D eigenvalue weighted by molar-refractivity contribution is 0.476. The van der Waals surface area contributed by atoms with Gasteiger partial charge in [-0.2, -0.15) is 0 Å². The van der Waals surface area contributed by atoms with Crippen molar-refractivity contribution in [1.29, 1.82) is 0 Å². The van der Waals surface area contributed by atoms with E-state index in [1.165, 1.54) is 11.3 Å². The molecule has 1 aliphatic heterocycles. The molecule has 0 saturated carbocycles. The first-order valence-electron chi connectivity index (χ1n) is 9.31. The van der Waals surface area contributed by atoms with Crippen LogP contribution in [0.3, 0.4) is 0 Å². The van der Waals surface area contributed by atoms with Crippen LogP contribution in [0.2, 0.25) is 0 Å². The maximum atomic E-state index is 12.5. The zero-order chi connectivity index (χ0) is 18.7. The highest BCUT2D eigenvalue weighted by Gasteiger charge is 2.20. The summed E-state index contributed by atoms with van der Waals surface area (Å²) in [5, 5.41) is 0. The van der Waals surface area contributed by atoms with Crippen LogP contribution in [0, 0.1) is 5.92 Å². The van der Waals surface area contributed by atoms with Gasteiger partial charge in [0.15, 0.2) is 0 Å². The Bertz CT molecular complexity index is 845. The van der Waals surface area contributed by atoms with E-state index >= 15 is 0 Å². The summed E-state index contributed by atoms with van der Waals surface area (Å²) in [4.78, 5) is 2.70. The summed E-state index contributed by atoms with van der Waals surface area (Å²) in [6.07, 6.45) is 2.28. The minimum absolute atomic E-state index is 0.0930. The summed E-state index contributed by atoms with van der Waals surface area (Å²) in [5.74, 6) is 0.253. The largest absolute Gasteiger partial charge is 0.367 e. The van der Waals surface area contributed by atoms with E-state index in [1.54, 1.807) is 12.1 Å². The van der Waals surface area contributed by atoms with Gasteiger partial charge < -0.3 is 4.90 Å². The van der Waals surface area contributed by atoms with Crippen molar-refractivity contribution in [3.05, 3.63) is 59.7 Å². The topological polar surface area (TPSA) is 49.4 Å². The highest BCUT2D eigenvalue weighted by atomic mass is 32.2. The number of para-hydroxylation sites is 1. The minimum atomic E-state index is -3.47. The number of anilines is 1. The van der Waals surface area contributed by atoms with Gasteiger partial charge in [-0.3, -0.25) is 0 Å². The fourth-order valence-electron chi connectivity index (χ4n) is 3.22. The van der Waals surface area contributed by atoms with E-state index < -0.39 is 10.0 Å². The molecule has 3 rings (SSSR count). The highest BCUT2D eigenvalue weighted by Crippen LogP contribution is 2.28. The molecule has 0 amide bonds. The normalized spacial score (nSPS) is 15.8. The van der Waals surface area contributed by atoms with Crippen LogP contribution in [0.4, 0.5) is 5.69 Å². The molecule has 0 bridgehead atoms. The van der Waals surface area contributed by atoms with Gasteiger partial charge in [0.2, 0.25) is 10.0 Å². The monoisotopic (exact) mass is 372 g/mol. The van der Waals surface area contributed by atoms with Gasteiger partial charge in [-0.15, -0.1) is 0 Å². The summed E-state index contributed by atoms with van der Waals surface area (Å²) in [6, 6.07) is 15.7. The number of benzene rings is 2. The van der Waals surface area contributed by atoms with E-state index in [2.05, 4.69) is 33.9 Å². The molecule has 0 aliphatic carbocycles. The molecule has 26 heavy (non-hydrogen) atoms. The Balaban J connectivity index is 1.73. The third-order valence-corrected chi connectivity index (χ3v) is 6.73. The number of nitrogens with zero attached hydrogens (tertiary/aromatic N) is 1. The number of hydrogen-bond donors (Lipinski definition) is 1. The maximum Gasteiger partial charge on any atom is 0.240 e. The Kier molecular flexibility index (Phi) is 5.68. The first-order chi connectivity index (χ1) is 12.4. The molecule has 0 fully saturated rings. The minimum Gasteiger partial charge on any atom is -0.367 e. The van der Waals surface area contributed by atoms with Crippen molar-refractivity contribution in [1.82, 2.24) is 4.72 Å². The molecule has 0 saturated heterocycles. The predicted molar refractivity (Wildman–Crippen MR) is 107 cm³/mol. The second-order valence-corrected chi connectivity index (χ2v) is 9.17. The lowest BCUT2D eigenvalue weighted by Gasteiger charge is -2.31. The molecule has 2 aromatic carbocycles. The molecule has 5 heteroatoms. The van der Waals surface area contributed by atoms with Crippen LogP contribution in [-0.2, 0) is 23.0 Å². The van der Waals surface area contributed by atoms with E-state index in [9.17, 15) is 8.42 Å². The number of nitrogens with one attached hydrogen (secondary N) is 1. The molecule has 1 unspecified atom stereocenters. The second kappa shape index (κ2) is 7.80. The van der Waals surface area contributed by atoms with Gasteiger partial charge in [-0.25, -0.2) is 13.1 Å². The zero-order valence-corrected chi connectivity index (χ0v) is 16.6. The molecular formula is C21H28N2O2S. The number of aryl methyl sites for hydroxylation is 1. The lowest BCUT2D eigenvalue weighted by atomic mass is 10.0. The van der Waals surface area contributed by atoms with Crippen LogP contribution in [0.5, 0.6) is 0 Å². The average Bonchev–Trinajstić information content (AvgIpc) is 2.62. The van der Waals surface area contributed by atoms with Crippen LogP contribution in [0.25, 0.3) is 0 Å². The Morgan fingerprint density at radius 1 is 1.04 bits per heavy atom. The molecule has 4 nitrogen and oxygen atoms in total. The number of sulfonamides is 1. The Morgan fingerprint density at radius 3 is 2.42 bits per heavy atom. The summed E-state index contributed by atoms with van der Waals surface area (Å²) in [5.41, 5.74) is 3.81. The van der Waals surface area contributed by atoms with Gasteiger partial charge in [-0.1, -0.05) is 44.2 Å². The molecule has 1 heterocycles. The Labute approximate surface area is 157 Å². The van der Waals surface area contributed by atoms with E-state index in [0.29, 0.717) is 4.90 Å². The molecule has 1 atom stereocenters. The smallest absolute Gasteiger partial charge is 0.240 e. The van der Waals surface area contributed by atoms with Crippen molar-refractivity contribution in [2.45, 2.75) is 51.1 Å². The zero-order valence-electron chi connectivity index (χ0n) is 15.8. The SMILES string of the molecule is CC(C)C(C)NS(=O)(=O)c1ccc(CN2CCCc3ccccc32)cc1. The molecule has 0 spiro atoms. The average molecular weight is 373 g/mol. The number of rotatable bonds is 6. The van der Waals surface area contributed by atoms with Gasteiger partial charge in [0, 0.05) is 24.8 Å². The van der Waals surface area contributed by atoms with E-state index in [0.717, 1.165) is 31.5 Å². The molecule has 1 N–H and O–H groups in total.